The van der Waals surface area contributed by atoms with Crippen LogP contribution in [0.5, 0.6) is 0 Å². The van der Waals surface area contributed by atoms with Gasteiger partial charge in [-0.05, 0) is 36.1 Å². The van der Waals surface area contributed by atoms with Crippen molar-refractivity contribution in [3.8, 4) is 0 Å². The van der Waals surface area contributed by atoms with E-state index in [1.54, 1.807) is 30.7 Å². The molecule has 1 aromatic heterocycles. The van der Waals surface area contributed by atoms with E-state index in [-0.39, 0.29) is 6.04 Å². The smallest absolute Gasteiger partial charge is 0.326 e. The fourth-order valence-electron chi connectivity index (χ4n) is 2.40. The number of amides is 1. The zero-order chi connectivity index (χ0) is 18.2. The van der Waals surface area contributed by atoms with E-state index < -0.39 is 17.9 Å². The largest absolute Gasteiger partial charge is 0.480 e. The lowest BCUT2D eigenvalue weighted by molar-refractivity contribution is -0.139. The zero-order valence-electron chi connectivity index (χ0n) is 13.9. The van der Waals surface area contributed by atoms with Crippen molar-refractivity contribution in [3.05, 3.63) is 53.6 Å². The topological polar surface area (TPSA) is 121 Å². The summed E-state index contributed by atoms with van der Waals surface area (Å²) in [6.07, 6.45) is 6.13. The lowest BCUT2D eigenvalue weighted by Gasteiger charge is -2.15. The molecule has 0 radical (unpaired) electrons. The molecule has 0 saturated carbocycles. The van der Waals surface area contributed by atoms with E-state index in [0.29, 0.717) is 24.2 Å². The molecule has 2 rings (SSSR count). The summed E-state index contributed by atoms with van der Waals surface area (Å²) in [6.45, 7) is 0. The highest BCUT2D eigenvalue weighted by atomic mass is 32.2. The molecule has 1 heterocycles. The first-order valence-corrected chi connectivity index (χ1v) is 9.26. The Balaban J connectivity index is 2.06. The van der Waals surface area contributed by atoms with Gasteiger partial charge >= 0.3 is 5.97 Å². The van der Waals surface area contributed by atoms with E-state index in [4.69, 9.17) is 5.73 Å². The molecular weight excluding hydrogens is 340 g/mol. The second-order valence-electron chi connectivity index (χ2n) is 5.66. The maximum atomic E-state index is 12.4. The molecule has 8 heteroatoms. The third-order valence-electron chi connectivity index (χ3n) is 3.79. The normalized spacial score (nSPS) is 13.2. The minimum absolute atomic E-state index is 0.292. The number of nitrogens with one attached hydrogen (secondary N) is 2. The van der Waals surface area contributed by atoms with Gasteiger partial charge in [-0.15, -0.1) is 0 Å². The van der Waals surface area contributed by atoms with Crippen molar-refractivity contribution in [2.24, 2.45) is 5.73 Å². The lowest BCUT2D eigenvalue weighted by atomic mass is 10.0. The first kappa shape index (κ1) is 19.0. The van der Waals surface area contributed by atoms with Crippen LogP contribution in [0.4, 0.5) is 0 Å². The number of carbonyl (C=O) groups is 2. The molecule has 0 aliphatic heterocycles. The summed E-state index contributed by atoms with van der Waals surface area (Å²) >= 11 is 1.54. The van der Waals surface area contributed by atoms with Crippen LogP contribution in [0.2, 0.25) is 0 Å². The Morgan fingerprint density at radius 3 is 2.88 bits per heavy atom. The van der Waals surface area contributed by atoms with Crippen LogP contribution in [0.1, 0.15) is 34.1 Å². The number of H-pyrrole nitrogens is 1. The van der Waals surface area contributed by atoms with E-state index in [0.717, 1.165) is 11.3 Å². The van der Waals surface area contributed by atoms with Gasteiger partial charge in [0.25, 0.3) is 5.91 Å². The fraction of sp³-hybridized carbons (Fsp3) is 0.353. The average Bonchev–Trinajstić information content (AvgIpc) is 3.11. The molecular formula is C17H22N4O3S. The van der Waals surface area contributed by atoms with Gasteiger partial charge in [0.1, 0.15) is 6.04 Å². The SMILES string of the molecule is CSCCC(NC(=O)c1cccc(C(N)Cc2cnc[nH]2)c1)C(=O)O. The van der Waals surface area contributed by atoms with Gasteiger partial charge in [-0.1, -0.05) is 12.1 Å². The average molecular weight is 362 g/mol. The minimum Gasteiger partial charge on any atom is -0.480 e. The summed E-state index contributed by atoms with van der Waals surface area (Å²) in [4.78, 5) is 30.6. The molecule has 0 fully saturated rings. The predicted molar refractivity (Wildman–Crippen MR) is 97.6 cm³/mol. The molecule has 7 nitrogen and oxygen atoms in total. The highest BCUT2D eigenvalue weighted by Crippen LogP contribution is 2.16. The Labute approximate surface area is 150 Å². The summed E-state index contributed by atoms with van der Waals surface area (Å²) in [5.41, 5.74) is 8.30. The van der Waals surface area contributed by atoms with Crippen molar-refractivity contribution in [2.75, 3.05) is 12.0 Å². The van der Waals surface area contributed by atoms with Gasteiger partial charge in [0.2, 0.25) is 0 Å². The van der Waals surface area contributed by atoms with Gasteiger partial charge < -0.3 is 21.1 Å². The fourth-order valence-corrected chi connectivity index (χ4v) is 2.87. The molecule has 5 N–H and O–H groups in total. The Morgan fingerprint density at radius 1 is 1.44 bits per heavy atom. The minimum atomic E-state index is -1.03. The summed E-state index contributed by atoms with van der Waals surface area (Å²) in [6, 6.07) is 5.75. The van der Waals surface area contributed by atoms with E-state index in [9.17, 15) is 14.7 Å². The number of aromatic nitrogens is 2. The quantitative estimate of drug-likeness (QED) is 0.537. The van der Waals surface area contributed by atoms with Gasteiger partial charge in [-0.2, -0.15) is 11.8 Å². The molecule has 1 amide bonds. The van der Waals surface area contributed by atoms with Crippen LogP contribution in [0.25, 0.3) is 0 Å². The van der Waals surface area contributed by atoms with Crippen LogP contribution in [0.3, 0.4) is 0 Å². The van der Waals surface area contributed by atoms with Crippen molar-refractivity contribution < 1.29 is 14.7 Å². The molecule has 25 heavy (non-hydrogen) atoms. The Morgan fingerprint density at radius 2 is 2.24 bits per heavy atom. The van der Waals surface area contributed by atoms with Crippen molar-refractivity contribution in [2.45, 2.75) is 24.9 Å². The lowest BCUT2D eigenvalue weighted by Crippen LogP contribution is -2.41. The van der Waals surface area contributed by atoms with E-state index in [1.165, 1.54) is 11.8 Å². The molecule has 2 aromatic rings. The molecule has 0 spiro atoms. The Hall–Kier alpha value is -2.32. The van der Waals surface area contributed by atoms with Crippen LogP contribution in [0.15, 0.2) is 36.8 Å². The monoisotopic (exact) mass is 362 g/mol. The van der Waals surface area contributed by atoms with Crippen molar-refractivity contribution in [1.82, 2.24) is 15.3 Å². The number of aliphatic carboxylic acids is 1. The molecule has 0 aliphatic carbocycles. The maximum absolute atomic E-state index is 12.4. The van der Waals surface area contributed by atoms with Gasteiger partial charge in [0, 0.05) is 29.9 Å². The Bertz CT molecular complexity index is 706. The van der Waals surface area contributed by atoms with Crippen LogP contribution in [-0.4, -0.2) is 45.0 Å². The molecule has 2 unspecified atom stereocenters. The summed E-state index contributed by atoms with van der Waals surface area (Å²) < 4.78 is 0. The number of nitrogens with two attached hydrogens (primary N) is 1. The first-order valence-electron chi connectivity index (χ1n) is 7.86. The zero-order valence-corrected chi connectivity index (χ0v) is 14.8. The number of hydrogen-bond acceptors (Lipinski definition) is 5. The number of rotatable bonds is 9. The maximum Gasteiger partial charge on any atom is 0.326 e. The highest BCUT2D eigenvalue weighted by Gasteiger charge is 2.20. The number of carboxylic acid groups (broad SMARTS) is 1. The molecule has 0 saturated heterocycles. The van der Waals surface area contributed by atoms with Gasteiger partial charge in [-0.25, -0.2) is 9.78 Å². The molecule has 2 atom stereocenters. The summed E-state index contributed by atoms with van der Waals surface area (Å²) in [5, 5.41) is 11.8. The highest BCUT2D eigenvalue weighted by molar-refractivity contribution is 7.98. The Kier molecular flexibility index (Phi) is 7.03. The number of imidazole rings is 1. The van der Waals surface area contributed by atoms with Crippen molar-refractivity contribution in [1.29, 1.82) is 0 Å². The van der Waals surface area contributed by atoms with Crippen molar-refractivity contribution >= 4 is 23.6 Å². The molecule has 0 bridgehead atoms. The number of thioether (sulfide) groups is 1. The number of hydrogen-bond donors (Lipinski definition) is 4. The van der Waals surface area contributed by atoms with Gasteiger partial charge in [-0.3, -0.25) is 4.79 Å². The third kappa shape index (κ3) is 5.61. The second-order valence-corrected chi connectivity index (χ2v) is 6.64. The van der Waals surface area contributed by atoms with Crippen molar-refractivity contribution in [3.63, 3.8) is 0 Å². The van der Waals surface area contributed by atoms with Crippen LogP contribution >= 0.6 is 11.8 Å². The van der Waals surface area contributed by atoms with Crippen LogP contribution in [-0.2, 0) is 11.2 Å². The van der Waals surface area contributed by atoms with Crippen LogP contribution < -0.4 is 11.1 Å². The third-order valence-corrected chi connectivity index (χ3v) is 4.43. The van der Waals surface area contributed by atoms with Crippen LogP contribution in [0, 0.1) is 0 Å². The molecule has 134 valence electrons. The van der Waals surface area contributed by atoms with E-state index >= 15 is 0 Å². The molecule has 0 aliphatic rings. The number of carboxylic acids is 1. The number of benzene rings is 1. The van der Waals surface area contributed by atoms with E-state index in [2.05, 4.69) is 15.3 Å². The standard InChI is InChI=1S/C17H22N4O3S/c1-25-6-5-15(17(23)24)21-16(22)12-4-2-3-11(7-12)14(18)8-13-9-19-10-20-13/h2-4,7,9-10,14-15H,5-6,8,18H2,1H3,(H,19,20)(H,21,22)(H,23,24). The summed E-state index contributed by atoms with van der Waals surface area (Å²) in [5.74, 6) is -0.787. The number of nitrogens with zero attached hydrogens (tertiary/aromatic N) is 1. The summed E-state index contributed by atoms with van der Waals surface area (Å²) in [7, 11) is 0. The second kappa shape index (κ2) is 9.24. The molecule has 1 aromatic carbocycles. The number of carbonyl (C=O) groups excluding carboxylic acids is 1. The number of aromatic amines is 1. The predicted octanol–water partition coefficient (Wildman–Crippen LogP) is 1.59. The first-order chi connectivity index (χ1) is 12.0. The van der Waals surface area contributed by atoms with Gasteiger partial charge in [0.15, 0.2) is 0 Å². The van der Waals surface area contributed by atoms with Gasteiger partial charge in [0.05, 0.1) is 6.33 Å². The van der Waals surface area contributed by atoms with E-state index in [1.807, 2.05) is 12.3 Å².